The van der Waals surface area contributed by atoms with E-state index in [1.165, 1.54) is 19.2 Å². The average Bonchev–Trinajstić information content (AvgIpc) is 2.92. The summed E-state index contributed by atoms with van der Waals surface area (Å²) < 4.78 is 36.8. The lowest BCUT2D eigenvalue weighted by Crippen LogP contribution is -2.09. The van der Waals surface area contributed by atoms with E-state index in [4.69, 9.17) is 35.5 Å². The van der Waals surface area contributed by atoms with E-state index in [0.29, 0.717) is 45.9 Å². The Balaban J connectivity index is 1.84. The molecule has 0 amide bonds. The van der Waals surface area contributed by atoms with Crippen molar-refractivity contribution < 1.29 is 23.3 Å². The van der Waals surface area contributed by atoms with Crippen LogP contribution < -0.4 is 19.5 Å². The van der Waals surface area contributed by atoms with Crippen molar-refractivity contribution in [2.24, 2.45) is 0 Å². The molecule has 4 rings (SSSR count). The number of benzene rings is 2. The van der Waals surface area contributed by atoms with Crippen LogP contribution >= 0.6 is 11.6 Å². The molecule has 2 aromatic carbocycles. The van der Waals surface area contributed by atoms with Gasteiger partial charge in [0.2, 0.25) is 0 Å². The molecular formula is C27H25ClFN3O4. The quantitative estimate of drug-likeness (QED) is 0.254. The van der Waals surface area contributed by atoms with Crippen molar-refractivity contribution in [3.05, 3.63) is 83.4 Å². The van der Waals surface area contributed by atoms with Crippen LogP contribution in [-0.2, 0) is 11.3 Å². The Bertz CT molecular complexity index is 1340. The summed E-state index contributed by atoms with van der Waals surface area (Å²) >= 11 is 6.18. The first kappa shape index (κ1) is 25.2. The van der Waals surface area contributed by atoms with Crippen LogP contribution in [0.1, 0.15) is 5.56 Å². The summed E-state index contributed by atoms with van der Waals surface area (Å²) in [5.74, 6) is 1.72. The summed E-state index contributed by atoms with van der Waals surface area (Å²) in [5.41, 5.74) is 3.01. The van der Waals surface area contributed by atoms with Crippen LogP contribution in [0, 0.1) is 5.82 Å². The van der Waals surface area contributed by atoms with Crippen LogP contribution in [0.25, 0.3) is 22.4 Å². The zero-order chi connectivity index (χ0) is 25.5. The Morgan fingerprint density at radius 2 is 1.72 bits per heavy atom. The number of methoxy groups -OCH3 is 3. The second-order valence-corrected chi connectivity index (χ2v) is 8.11. The molecule has 0 radical (unpaired) electrons. The number of nitrogens with zero attached hydrogens (tertiary/aromatic N) is 2. The molecule has 7 nitrogen and oxygen atoms in total. The molecule has 0 unspecified atom stereocenters. The van der Waals surface area contributed by atoms with Crippen molar-refractivity contribution in [3.63, 3.8) is 0 Å². The number of halogens is 2. The van der Waals surface area contributed by atoms with Crippen molar-refractivity contribution in [3.8, 4) is 39.6 Å². The maximum atomic E-state index is 14.8. The molecule has 1 N–H and O–H groups in total. The predicted molar refractivity (Wildman–Crippen MR) is 137 cm³/mol. The fraction of sp³-hybridized carbons (Fsp3) is 0.185. The second-order valence-electron chi connectivity index (χ2n) is 7.68. The van der Waals surface area contributed by atoms with Gasteiger partial charge in [-0.1, -0.05) is 11.6 Å². The van der Waals surface area contributed by atoms with Gasteiger partial charge in [0.15, 0.2) is 18.4 Å². The van der Waals surface area contributed by atoms with Gasteiger partial charge in [-0.15, -0.1) is 0 Å². The molecule has 0 bridgehead atoms. The molecule has 2 aromatic heterocycles. The number of hydrogen-bond acceptors (Lipinski definition) is 7. The summed E-state index contributed by atoms with van der Waals surface area (Å²) in [6.07, 6.45) is 3.34. The summed E-state index contributed by atoms with van der Waals surface area (Å²) in [7, 11) is 4.72. The molecule has 0 aliphatic carbocycles. The number of rotatable bonds is 10. The molecule has 4 aromatic rings. The lowest BCUT2D eigenvalue weighted by atomic mass is 10.0. The molecule has 186 valence electrons. The first-order valence-corrected chi connectivity index (χ1v) is 11.4. The Morgan fingerprint density at radius 1 is 0.917 bits per heavy atom. The van der Waals surface area contributed by atoms with E-state index in [2.05, 4.69) is 10.3 Å². The van der Waals surface area contributed by atoms with Crippen molar-refractivity contribution in [1.82, 2.24) is 9.97 Å². The maximum Gasteiger partial charge on any atom is 0.188 e. The third-order valence-corrected chi connectivity index (χ3v) is 5.67. The zero-order valence-corrected chi connectivity index (χ0v) is 20.8. The van der Waals surface area contributed by atoms with E-state index in [0.717, 1.165) is 11.1 Å². The van der Waals surface area contributed by atoms with Gasteiger partial charge in [-0.05, 0) is 54.1 Å². The Kier molecular flexibility index (Phi) is 8.20. The van der Waals surface area contributed by atoms with Gasteiger partial charge in [-0.3, -0.25) is 4.98 Å². The van der Waals surface area contributed by atoms with E-state index in [9.17, 15) is 4.39 Å². The molecule has 0 spiro atoms. The minimum atomic E-state index is -0.444. The van der Waals surface area contributed by atoms with Gasteiger partial charge < -0.3 is 24.3 Å². The van der Waals surface area contributed by atoms with Gasteiger partial charge in [0.25, 0.3) is 0 Å². The molecule has 9 heteroatoms. The highest BCUT2D eigenvalue weighted by Crippen LogP contribution is 2.40. The largest absolute Gasteiger partial charge is 0.497 e. The minimum Gasteiger partial charge on any atom is -0.497 e. The minimum absolute atomic E-state index is 0.00876. The number of anilines is 1. The highest BCUT2D eigenvalue weighted by atomic mass is 35.5. The van der Waals surface area contributed by atoms with Crippen molar-refractivity contribution in [1.29, 1.82) is 0 Å². The monoisotopic (exact) mass is 509 g/mol. The van der Waals surface area contributed by atoms with Gasteiger partial charge in [-0.2, -0.15) is 0 Å². The van der Waals surface area contributed by atoms with Gasteiger partial charge in [0.05, 0.1) is 19.9 Å². The fourth-order valence-electron chi connectivity index (χ4n) is 3.67. The first-order valence-electron chi connectivity index (χ1n) is 11.0. The zero-order valence-electron chi connectivity index (χ0n) is 20.0. The van der Waals surface area contributed by atoms with Crippen LogP contribution in [0.5, 0.6) is 17.2 Å². The number of nitrogens with one attached hydrogen (secondary N) is 1. The summed E-state index contributed by atoms with van der Waals surface area (Å²) in [6, 6.07) is 15.3. The molecule has 0 aliphatic rings. The lowest BCUT2D eigenvalue weighted by Gasteiger charge is -2.19. The number of hydrogen-bond donors (Lipinski definition) is 1. The molecule has 2 heterocycles. The molecule has 0 aliphatic heterocycles. The van der Waals surface area contributed by atoms with Gasteiger partial charge >= 0.3 is 0 Å². The highest BCUT2D eigenvalue weighted by molar-refractivity contribution is 6.30. The van der Waals surface area contributed by atoms with Crippen LogP contribution in [0.3, 0.4) is 0 Å². The second kappa shape index (κ2) is 11.7. The number of pyridine rings is 2. The summed E-state index contributed by atoms with van der Waals surface area (Å²) in [6.45, 7) is 0.339. The maximum absolute atomic E-state index is 14.8. The molecule has 0 fully saturated rings. The molecular weight excluding hydrogens is 485 g/mol. The third-order valence-electron chi connectivity index (χ3n) is 5.43. The normalized spacial score (nSPS) is 10.7. The highest BCUT2D eigenvalue weighted by Gasteiger charge is 2.19. The first-order chi connectivity index (χ1) is 17.5. The molecule has 36 heavy (non-hydrogen) atoms. The topological polar surface area (TPSA) is 74.7 Å². The van der Waals surface area contributed by atoms with Crippen LogP contribution in [-0.4, -0.2) is 38.1 Å². The van der Waals surface area contributed by atoms with Gasteiger partial charge in [-0.25, -0.2) is 9.37 Å². The average molecular weight is 510 g/mol. The Labute approximate surface area is 213 Å². The van der Waals surface area contributed by atoms with Crippen LogP contribution in [0.4, 0.5) is 10.2 Å². The SMILES string of the molecule is COCOc1c(-c2ccncc2)cc(-c2cc(Cl)ccc2F)nc1NCc1ccc(OC)cc1OC. The number of aromatic nitrogens is 2. The van der Waals surface area contributed by atoms with E-state index >= 15 is 0 Å². The van der Waals surface area contributed by atoms with Crippen LogP contribution in [0.2, 0.25) is 5.02 Å². The standard InChI is InChI=1S/C27H25ClFN3O4/c1-33-16-36-26-21(17-8-10-30-11-9-17)14-24(22-12-19(28)5-7-23(22)29)32-27(26)31-15-18-4-6-20(34-2)13-25(18)35-3/h4-14H,15-16H2,1-3H3,(H,31,32). The Morgan fingerprint density at radius 3 is 2.44 bits per heavy atom. The van der Waals surface area contributed by atoms with Gasteiger partial charge in [0.1, 0.15) is 17.3 Å². The van der Waals surface area contributed by atoms with Gasteiger partial charge in [0, 0.05) is 53.8 Å². The Hall–Kier alpha value is -3.88. The summed E-state index contributed by atoms with van der Waals surface area (Å²) in [5, 5.41) is 3.72. The van der Waals surface area contributed by atoms with Crippen molar-refractivity contribution >= 4 is 17.4 Å². The van der Waals surface area contributed by atoms with E-state index in [-0.39, 0.29) is 12.4 Å². The van der Waals surface area contributed by atoms with Crippen molar-refractivity contribution in [2.45, 2.75) is 6.54 Å². The molecule has 0 saturated heterocycles. The molecule has 0 saturated carbocycles. The third kappa shape index (κ3) is 5.67. The smallest absolute Gasteiger partial charge is 0.188 e. The summed E-state index contributed by atoms with van der Waals surface area (Å²) in [4.78, 5) is 8.82. The van der Waals surface area contributed by atoms with E-state index < -0.39 is 5.82 Å². The number of ether oxygens (including phenoxy) is 4. The van der Waals surface area contributed by atoms with E-state index in [1.807, 2.05) is 24.3 Å². The lowest BCUT2D eigenvalue weighted by molar-refractivity contribution is 0.0518. The molecule has 0 atom stereocenters. The predicted octanol–water partition coefficient (Wildman–Crippen LogP) is 6.22. The van der Waals surface area contributed by atoms with Crippen LogP contribution in [0.15, 0.2) is 67.0 Å². The van der Waals surface area contributed by atoms with E-state index in [1.54, 1.807) is 44.8 Å². The fourth-order valence-corrected chi connectivity index (χ4v) is 3.84. The van der Waals surface area contributed by atoms with Crippen molar-refractivity contribution in [2.75, 3.05) is 33.4 Å².